The van der Waals surface area contributed by atoms with E-state index in [0.717, 1.165) is 37.2 Å². The molecule has 24 heavy (non-hydrogen) atoms. The molecule has 2 aliphatic heterocycles. The molecular formula is C18H26N4O2. The largest absolute Gasteiger partial charge is 0.350 e. The van der Waals surface area contributed by atoms with Gasteiger partial charge in [0.1, 0.15) is 0 Å². The van der Waals surface area contributed by atoms with Crippen LogP contribution in [0, 0.1) is 18.8 Å². The van der Waals surface area contributed by atoms with Crippen molar-refractivity contribution in [3.8, 4) is 0 Å². The topological polar surface area (TPSA) is 65.5 Å². The fraction of sp³-hybridized carbons (Fsp3) is 0.611. The average Bonchev–Trinajstić information content (AvgIpc) is 2.53. The molecule has 0 aromatic carbocycles. The Labute approximate surface area is 143 Å². The van der Waals surface area contributed by atoms with E-state index < -0.39 is 0 Å². The summed E-state index contributed by atoms with van der Waals surface area (Å²) >= 11 is 0. The minimum absolute atomic E-state index is 0.0208. The molecule has 2 aliphatic rings. The van der Waals surface area contributed by atoms with Gasteiger partial charge < -0.3 is 15.1 Å². The zero-order valence-electron chi connectivity index (χ0n) is 14.5. The fourth-order valence-electron chi connectivity index (χ4n) is 3.36. The molecule has 130 valence electrons. The number of aromatic nitrogens is 1. The summed E-state index contributed by atoms with van der Waals surface area (Å²) < 4.78 is 0. The first-order valence-corrected chi connectivity index (χ1v) is 8.70. The molecule has 0 unspecified atom stereocenters. The maximum absolute atomic E-state index is 12.4. The summed E-state index contributed by atoms with van der Waals surface area (Å²) in [7, 11) is 2.09. The number of hydrogen-bond donors (Lipinski definition) is 1. The molecule has 1 aromatic heterocycles. The molecule has 0 saturated carbocycles. The van der Waals surface area contributed by atoms with Gasteiger partial charge >= 0.3 is 0 Å². The van der Waals surface area contributed by atoms with Gasteiger partial charge in [-0.15, -0.1) is 0 Å². The molecule has 3 heterocycles. The predicted octanol–water partition coefficient (Wildman–Crippen LogP) is 0.806. The van der Waals surface area contributed by atoms with Crippen LogP contribution in [0.1, 0.15) is 24.1 Å². The van der Waals surface area contributed by atoms with Gasteiger partial charge in [0.2, 0.25) is 11.8 Å². The minimum Gasteiger partial charge on any atom is -0.350 e. The lowest BCUT2D eigenvalue weighted by molar-refractivity contribution is -0.147. The van der Waals surface area contributed by atoms with Crippen molar-refractivity contribution in [2.45, 2.75) is 26.3 Å². The van der Waals surface area contributed by atoms with Crippen LogP contribution < -0.4 is 5.32 Å². The summed E-state index contributed by atoms with van der Waals surface area (Å²) in [5.41, 5.74) is 1.97. The number of carbonyl (C=O) groups excluding carboxylic acids is 2. The van der Waals surface area contributed by atoms with Gasteiger partial charge in [0.25, 0.3) is 0 Å². The van der Waals surface area contributed by atoms with E-state index in [0.29, 0.717) is 19.6 Å². The van der Waals surface area contributed by atoms with Crippen LogP contribution in [0.4, 0.5) is 0 Å². The lowest BCUT2D eigenvalue weighted by Gasteiger charge is -2.41. The first-order chi connectivity index (χ1) is 11.5. The molecule has 1 aromatic rings. The second-order valence-corrected chi connectivity index (χ2v) is 7.00. The fourth-order valence-corrected chi connectivity index (χ4v) is 3.36. The Morgan fingerprint density at radius 3 is 2.62 bits per heavy atom. The predicted molar refractivity (Wildman–Crippen MR) is 91.1 cm³/mol. The number of nitrogens with one attached hydrogen (secondary N) is 1. The third kappa shape index (κ3) is 3.75. The zero-order chi connectivity index (χ0) is 17.1. The summed E-state index contributed by atoms with van der Waals surface area (Å²) in [5.74, 6) is 0.311. The number of aryl methyl sites for hydroxylation is 1. The number of pyridine rings is 1. The van der Waals surface area contributed by atoms with Crippen LogP contribution in [-0.2, 0) is 16.1 Å². The van der Waals surface area contributed by atoms with E-state index in [1.54, 1.807) is 6.20 Å². The number of likely N-dealkylation sites (tertiary alicyclic amines) is 2. The van der Waals surface area contributed by atoms with E-state index >= 15 is 0 Å². The molecule has 0 aliphatic carbocycles. The summed E-state index contributed by atoms with van der Waals surface area (Å²) in [5, 5.41) is 2.94. The number of carbonyl (C=O) groups is 2. The molecule has 2 saturated heterocycles. The second-order valence-electron chi connectivity index (χ2n) is 7.00. The summed E-state index contributed by atoms with van der Waals surface area (Å²) in [4.78, 5) is 33.0. The molecule has 0 atom stereocenters. The van der Waals surface area contributed by atoms with Crippen LogP contribution in [0.25, 0.3) is 0 Å². The van der Waals surface area contributed by atoms with Gasteiger partial charge in [-0.05, 0) is 51.5 Å². The number of nitrogens with zero attached hydrogens (tertiary/aromatic N) is 3. The van der Waals surface area contributed by atoms with Crippen LogP contribution >= 0.6 is 0 Å². The maximum Gasteiger partial charge on any atom is 0.227 e. The molecule has 6 heteroatoms. The maximum atomic E-state index is 12.4. The first kappa shape index (κ1) is 16.9. The van der Waals surface area contributed by atoms with Crippen molar-refractivity contribution in [1.29, 1.82) is 0 Å². The van der Waals surface area contributed by atoms with Gasteiger partial charge in [-0.1, -0.05) is 6.07 Å². The Morgan fingerprint density at radius 2 is 1.96 bits per heavy atom. The monoisotopic (exact) mass is 330 g/mol. The van der Waals surface area contributed by atoms with Gasteiger partial charge in [-0.2, -0.15) is 0 Å². The third-order valence-corrected chi connectivity index (χ3v) is 5.18. The number of hydrogen-bond acceptors (Lipinski definition) is 4. The summed E-state index contributed by atoms with van der Waals surface area (Å²) in [6.45, 7) is 5.51. The Hall–Kier alpha value is -1.95. The molecule has 2 fully saturated rings. The van der Waals surface area contributed by atoms with E-state index in [1.807, 2.05) is 24.0 Å². The molecule has 0 radical (unpaired) electrons. The molecular weight excluding hydrogens is 304 g/mol. The van der Waals surface area contributed by atoms with Gasteiger partial charge in [0, 0.05) is 25.2 Å². The van der Waals surface area contributed by atoms with Crippen molar-refractivity contribution in [1.82, 2.24) is 20.1 Å². The van der Waals surface area contributed by atoms with Crippen molar-refractivity contribution >= 4 is 11.8 Å². The Bertz CT molecular complexity index is 605. The SMILES string of the molecule is Cc1cccnc1CNC(=O)C1CN(C(=O)C2CCN(C)CC2)C1. The highest BCUT2D eigenvalue weighted by Crippen LogP contribution is 2.24. The third-order valence-electron chi connectivity index (χ3n) is 5.18. The smallest absolute Gasteiger partial charge is 0.227 e. The molecule has 1 N–H and O–H groups in total. The number of piperidine rings is 1. The van der Waals surface area contributed by atoms with Crippen molar-refractivity contribution in [3.05, 3.63) is 29.6 Å². The van der Waals surface area contributed by atoms with Crippen LogP contribution in [-0.4, -0.2) is 59.8 Å². The number of rotatable bonds is 4. The molecule has 2 amide bonds. The van der Waals surface area contributed by atoms with Gasteiger partial charge in [-0.25, -0.2) is 0 Å². The normalized spacial score (nSPS) is 19.8. The molecule has 6 nitrogen and oxygen atoms in total. The Kier molecular flexibility index (Phi) is 5.14. The van der Waals surface area contributed by atoms with Gasteiger partial charge in [-0.3, -0.25) is 14.6 Å². The van der Waals surface area contributed by atoms with Crippen molar-refractivity contribution < 1.29 is 9.59 Å². The molecule has 0 bridgehead atoms. The Balaban J connectivity index is 1.42. The summed E-state index contributed by atoms with van der Waals surface area (Å²) in [6.07, 6.45) is 3.60. The van der Waals surface area contributed by atoms with Crippen LogP contribution in [0.3, 0.4) is 0 Å². The van der Waals surface area contributed by atoms with E-state index in [1.165, 1.54) is 0 Å². The Morgan fingerprint density at radius 1 is 1.25 bits per heavy atom. The highest BCUT2D eigenvalue weighted by Gasteiger charge is 2.38. The average molecular weight is 330 g/mol. The first-order valence-electron chi connectivity index (χ1n) is 8.70. The lowest BCUT2D eigenvalue weighted by atomic mass is 9.91. The molecule has 3 rings (SSSR count). The lowest BCUT2D eigenvalue weighted by Crippen LogP contribution is -2.57. The highest BCUT2D eigenvalue weighted by atomic mass is 16.2. The second kappa shape index (κ2) is 7.30. The van der Waals surface area contributed by atoms with E-state index in [9.17, 15) is 9.59 Å². The van der Waals surface area contributed by atoms with Crippen LogP contribution in [0.5, 0.6) is 0 Å². The zero-order valence-corrected chi connectivity index (χ0v) is 14.5. The van der Waals surface area contributed by atoms with Gasteiger partial charge in [0.15, 0.2) is 0 Å². The van der Waals surface area contributed by atoms with Crippen molar-refractivity contribution in [2.24, 2.45) is 11.8 Å². The van der Waals surface area contributed by atoms with Crippen LogP contribution in [0.2, 0.25) is 0 Å². The van der Waals surface area contributed by atoms with E-state index in [4.69, 9.17) is 0 Å². The highest BCUT2D eigenvalue weighted by molar-refractivity contribution is 5.85. The van der Waals surface area contributed by atoms with E-state index in [-0.39, 0.29) is 23.7 Å². The standard InChI is InChI=1S/C18H26N4O2/c1-13-4-3-7-19-16(13)10-20-17(23)15-11-22(12-15)18(24)14-5-8-21(2)9-6-14/h3-4,7,14-15H,5-6,8-12H2,1-2H3,(H,20,23). The quantitative estimate of drug-likeness (QED) is 0.887. The minimum atomic E-state index is -0.0794. The van der Waals surface area contributed by atoms with E-state index in [2.05, 4.69) is 22.2 Å². The van der Waals surface area contributed by atoms with Crippen LogP contribution in [0.15, 0.2) is 18.3 Å². The number of amides is 2. The summed E-state index contributed by atoms with van der Waals surface area (Å²) in [6, 6.07) is 3.87. The van der Waals surface area contributed by atoms with Crippen molar-refractivity contribution in [2.75, 3.05) is 33.2 Å². The molecule has 0 spiro atoms. The van der Waals surface area contributed by atoms with Crippen molar-refractivity contribution in [3.63, 3.8) is 0 Å². The van der Waals surface area contributed by atoms with Gasteiger partial charge in [0.05, 0.1) is 18.2 Å².